The predicted molar refractivity (Wildman–Crippen MR) is 80.5 cm³/mol. The predicted octanol–water partition coefficient (Wildman–Crippen LogP) is 2.53. The maximum absolute atomic E-state index is 11.8. The summed E-state index contributed by atoms with van der Waals surface area (Å²) in [5.41, 5.74) is 6.19. The van der Waals surface area contributed by atoms with Crippen LogP contribution in [0.15, 0.2) is 63.7 Å². The molecule has 0 heterocycles. The molecule has 0 aliphatic carbocycles. The highest BCUT2D eigenvalue weighted by molar-refractivity contribution is 7.95. The lowest BCUT2D eigenvalue weighted by Crippen LogP contribution is -2.10. The summed E-state index contributed by atoms with van der Waals surface area (Å²) in [4.78, 5) is -0.459. The van der Waals surface area contributed by atoms with E-state index in [1.54, 1.807) is 24.3 Å². The van der Waals surface area contributed by atoms with Gasteiger partial charge in [-0.3, -0.25) is 4.55 Å². The third-order valence-corrected chi connectivity index (χ3v) is 4.53. The van der Waals surface area contributed by atoms with E-state index in [-0.39, 0.29) is 11.4 Å². The Morgan fingerprint density at radius 2 is 1.68 bits per heavy atom. The fourth-order valence-electron chi connectivity index (χ4n) is 1.53. The highest BCUT2D eigenvalue weighted by Crippen LogP contribution is 2.27. The highest BCUT2D eigenvalue weighted by atomic mass is 32.3. The Labute approximate surface area is 129 Å². The summed E-state index contributed by atoms with van der Waals surface area (Å²) in [6.45, 7) is 0. The molecule has 0 aromatic heterocycles. The fourth-order valence-corrected chi connectivity index (χ4v) is 3.05. The number of rotatable bonds is 5. The van der Waals surface area contributed by atoms with Gasteiger partial charge in [-0.25, -0.2) is 0 Å². The van der Waals surface area contributed by atoms with Crippen LogP contribution in [0.5, 0.6) is 0 Å². The van der Waals surface area contributed by atoms with Gasteiger partial charge in [0.2, 0.25) is 0 Å². The van der Waals surface area contributed by atoms with Gasteiger partial charge >= 0.3 is 21.5 Å². The molecule has 3 N–H and O–H groups in total. The zero-order valence-electron chi connectivity index (χ0n) is 11.0. The molecule has 10 heteroatoms. The number of nitrogen functional groups attached to an aromatic ring is 1. The van der Waals surface area contributed by atoms with E-state index in [9.17, 15) is 12.6 Å². The molecule has 0 bridgehead atoms. The van der Waals surface area contributed by atoms with Crippen molar-refractivity contribution in [2.24, 2.45) is 10.2 Å². The van der Waals surface area contributed by atoms with E-state index in [1.807, 2.05) is 6.07 Å². The SMILES string of the molecule is Nc1ccc(N=Nc2ccccc2)cc1S(=O)(=O)OS(=O)O. The molecule has 1 unspecified atom stereocenters. The summed E-state index contributed by atoms with van der Waals surface area (Å²) in [6.07, 6.45) is 0. The number of anilines is 1. The second-order valence-corrected chi connectivity index (χ2v) is 6.32. The molecule has 0 aliphatic heterocycles. The molecule has 0 saturated heterocycles. The number of hydrogen-bond acceptors (Lipinski definition) is 7. The third kappa shape index (κ3) is 4.18. The summed E-state index contributed by atoms with van der Waals surface area (Å²) >= 11 is -2.98. The molecule has 0 amide bonds. The standard InChI is InChI=1S/C12H11N3O5S2/c13-11-7-6-10(15-14-9-4-2-1-3-5-9)8-12(11)22(18,19)20-21(16)17/h1-8H,13H2,(H,16,17). The van der Waals surface area contributed by atoms with Gasteiger partial charge in [0.25, 0.3) is 0 Å². The Balaban J connectivity index is 2.35. The van der Waals surface area contributed by atoms with Gasteiger partial charge in [-0.05, 0) is 30.3 Å². The molecule has 2 aromatic carbocycles. The lowest BCUT2D eigenvalue weighted by Gasteiger charge is -2.05. The summed E-state index contributed by atoms with van der Waals surface area (Å²) in [7, 11) is -4.47. The monoisotopic (exact) mass is 341 g/mol. The van der Waals surface area contributed by atoms with E-state index >= 15 is 0 Å². The maximum atomic E-state index is 11.8. The average Bonchev–Trinajstić information content (AvgIpc) is 2.46. The van der Waals surface area contributed by atoms with Crippen molar-refractivity contribution in [1.29, 1.82) is 0 Å². The number of nitrogens with zero attached hydrogens (tertiary/aromatic N) is 2. The molecule has 0 saturated carbocycles. The van der Waals surface area contributed by atoms with Crippen molar-refractivity contribution in [1.82, 2.24) is 0 Å². The van der Waals surface area contributed by atoms with Crippen LogP contribution in [0.25, 0.3) is 0 Å². The van der Waals surface area contributed by atoms with Crippen molar-refractivity contribution in [2.75, 3.05) is 5.73 Å². The van der Waals surface area contributed by atoms with Crippen molar-refractivity contribution in [3.63, 3.8) is 0 Å². The molecule has 8 nitrogen and oxygen atoms in total. The second-order valence-electron chi connectivity index (χ2n) is 4.00. The quantitative estimate of drug-likeness (QED) is 0.488. The minimum absolute atomic E-state index is 0.135. The second kappa shape index (κ2) is 6.75. The molecular formula is C12H11N3O5S2. The molecule has 0 spiro atoms. The summed E-state index contributed by atoms with van der Waals surface area (Å²) in [6, 6.07) is 12.7. The Bertz CT molecular complexity index is 822. The Morgan fingerprint density at radius 3 is 2.32 bits per heavy atom. The molecule has 2 aromatic rings. The van der Waals surface area contributed by atoms with Gasteiger partial charge in [0.05, 0.1) is 17.1 Å². The summed E-state index contributed by atoms with van der Waals surface area (Å²) in [5.74, 6) is 0. The molecule has 2 rings (SSSR count). The molecule has 0 radical (unpaired) electrons. The van der Waals surface area contributed by atoms with Crippen molar-refractivity contribution in [3.05, 3.63) is 48.5 Å². The van der Waals surface area contributed by atoms with Crippen LogP contribution in [0.1, 0.15) is 0 Å². The average molecular weight is 341 g/mol. The molecule has 22 heavy (non-hydrogen) atoms. The Kier molecular flexibility index (Phi) is 4.98. The normalized spacial score (nSPS) is 13.3. The summed E-state index contributed by atoms with van der Waals surface area (Å²) in [5, 5.41) is 7.81. The first-order valence-electron chi connectivity index (χ1n) is 5.80. The number of hydrogen-bond donors (Lipinski definition) is 2. The van der Waals surface area contributed by atoms with Crippen LogP contribution >= 0.6 is 0 Å². The van der Waals surface area contributed by atoms with E-state index in [0.29, 0.717) is 5.69 Å². The summed E-state index contributed by atoms with van der Waals surface area (Å²) < 4.78 is 46.6. The van der Waals surface area contributed by atoms with Crippen LogP contribution in [-0.4, -0.2) is 17.2 Å². The zero-order chi connectivity index (χ0) is 16.2. The van der Waals surface area contributed by atoms with Crippen LogP contribution in [-0.2, 0) is 25.1 Å². The molecule has 0 aliphatic rings. The Morgan fingerprint density at radius 1 is 1.05 bits per heavy atom. The fraction of sp³-hybridized carbons (Fsp3) is 0. The first kappa shape index (κ1) is 16.2. The van der Waals surface area contributed by atoms with E-state index in [1.165, 1.54) is 12.1 Å². The van der Waals surface area contributed by atoms with E-state index in [2.05, 4.69) is 13.9 Å². The zero-order valence-corrected chi connectivity index (χ0v) is 12.6. The van der Waals surface area contributed by atoms with Crippen LogP contribution in [0.3, 0.4) is 0 Å². The van der Waals surface area contributed by atoms with Crippen molar-refractivity contribution in [3.8, 4) is 0 Å². The number of azo groups is 1. The smallest absolute Gasteiger partial charge is 0.317 e. The van der Waals surface area contributed by atoms with Gasteiger partial charge in [0.1, 0.15) is 4.90 Å². The minimum Gasteiger partial charge on any atom is -0.398 e. The van der Waals surface area contributed by atoms with Crippen LogP contribution in [0.2, 0.25) is 0 Å². The highest BCUT2D eigenvalue weighted by Gasteiger charge is 2.22. The first-order valence-corrected chi connectivity index (χ1v) is 8.24. The van der Waals surface area contributed by atoms with Crippen molar-refractivity contribution < 1.29 is 20.8 Å². The van der Waals surface area contributed by atoms with Gasteiger partial charge in [-0.1, -0.05) is 18.2 Å². The van der Waals surface area contributed by atoms with E-state index < -0.39 is 26.4 Å². The van der Waals surface area contributed by atoms with Gasteiger partial charge in [0, 0.05) is 0 Å². The van der Waals surface area contributed by atoms with E-state index in [4.69, 9.17) is 10.3 Å². The molecule has 116 valence electrons. The first-order chi connectivity index (χ1) is 10.4. The van der Waals surface area contributed by atoms with Gasteiger partial charge in [-0.15, -0.1) is 3.63 Å². The largest absolute Gasteiger partial charge is 0.398 e. The van der Waals surface area contributed by atoms with Gasteiger partial charge in [-0.2, -0.15) is 22.9 Å². The topological polar surface area (TPSA) is 131 Å². The minimum atomic E-state index is -4.47. The lowest BCUT2D eigenvalue weighted by atomic mass is 10.3. The van der Waals surface area contributed by atoms with Crippen LogP contribution in [0, 0.1) is 0 Å². The van der Waals surface area contributed by atoms with Crippen LogP contribution in [0.4, 0.5) is 17.1 Å². The number of nitrogens with two attached hydrogens (primary N) is 1. The van der Waals surface area contributed by atoms with Gasteiger partial charge < -0.3 is 5.73 Å². The molecule has 1 atom stereocenters. The van der Waals surface area contributed by atoms with Crippen molar-refractivity contribution >= 4 is 38.5 Å². The lowest BCUT2D eigenvalue weighted by molar-refractivity contribution is 0.443. The maximum Gasteiger partial charge on any atom is 0.317 e. The molecule has 0 fully saturated rings. The van der Waals surface area contributed by atoms with Crippen LogP contribution < -0.4 is 5.73 Å². The number of benzene rings is 2. The molecular weight excluding hydrogens is 330 g/mol. The van der Waals surface area contributed by atoms with E-state index in [0.717, 1.165) is 6.07 Å². The third-order valence-electron chi connectivity index (χ3n) is 2.45. The van der Waals surface area contributed by atoms with Crippen molar-refractivity contribution in [2.45, 2.75) is 4.90 Å². The Hall–Kier alpha value is -2.14. The van der Waals surface area contributed by atoms with Gasteiger partial charge in [0.15, 0.2) is 0 Å².